The molecule has 1 aliphatic heterocycles. The fourth-order valence-electron chi connectivity index (χ4n) is 4.49. The molecular formula is C25H30ClFN4O4S. The molecule has 2 N–H and O–H groups in total. The SMILES string of the molecule is CC(NS(=O)(=O)N1CC1)C(=O)N(c1cccc(F)c1)[C@@H](C(=O)NC1CCCCC1)c1ccccc1Cl. The molecule has 2 aromatic carbocycles. The quantitative estimate of drug-likeness (QED) is 0.479. The normalized spacial score (nSPS) is 18.3. The molecule has 1 unspecified atom stereocenters. The van der Waals surface area contributed by atoms with Gasteiger partial charge in [-0.2, -0.15) is 17.4 Å². The van der Waals surface area contributed by atoms with Gasteiger partial charge in [-0.1, -0.05) is 55.1 Å². The highest BCUT2D eigenvalue weighted by Crippen LogP contribution is 2.33. The van der Waals surface area contributed by atoms with Crippen molar-refractivity contribution in [2.24, 2.45) is 0 Å². The summed E-state index contributed by atoms with van der Waals surface area (Å²) in [5, 5.41) is 3.30. The van der Waals surface area contributed by atoms with Gasteiger partial charge in [0.15, 0.2) is 0 Å². The molecule has 0 spiro atoms. The van der Waals surface area contributed by atoms with E-state index >= 15 is 0 Å². The summed E-state index contributed by atoms with van der Waals surface area (Å²) >= 11 is 6.50. The van der Waals surface area contributed by atoms with Crippen LogP contribution in [0.25, 0.3) is 0 Å². The average Bonchev–Trinajstić information content (AvgIpc) is 3.69. The van der Waals surface area contributed by atoms with Crippen molar-refractivity contribution in [2.75, 3.05) is 18.0 Å². The van der Waals surface area contributed by atoms with Gasteiger partial charge in [0, 0.05) is 35.4 Å². The number of benzene rings is 2. The maximum Gasteiger partial charge on any atom is 0.280 e. The third-order valence-electron chi connectivity index (χ3n) is 6.42. The van der Waals surface area contributed by atoms with Crippen LogP contribution in [0.4, 0.5) is 10.1 Å². The number of nitrogens with zero attached hydrogens (tertiary/aromatic N) is 2. The van der Waals surface area contributed by atoms with Gasteiger partial charge in [-0.15, -0.1) is 0 Å². The molecule has 2 aliphatic rings. The Hall–Kier alpha value is -2.53. The topological polar surface area (TPSA) is 98.6 Å². The minimum Gasteiger partial charge on any atom is -0.351 e. The third kappa shape index (κ3) is 6.23. The van der Waals surface area contributed by atoms with E-state index in [1.807, 2.05) is 0 Å². The predicted molar refractivity (Wildman–Crippen MR) is 136 cm³/mol. The first-order valence-corrected chi connectivity index (χ1v) is 13.9. The molecule has 194 valence electrons. The maximum absolute atomic E-state index is 14.3. The molecule has 2 aromatic rings. The summed E-state index contributed by atoms with van der Waals surface area (Å²) in [6, 6.07) is 9.42. The van der Waals surface area contributed by atoms with Crippen molar-refractivity contribution in [2.45, 2.75) is 57.2 Å². The Kier molecular flexibility index (Phi) is 8.29. The molecule has 2 fully saturated rings. The smallest absolute Gasteiger partial charge is 0.280 e. The van der Waals surface area contributed by atoms with E-state index in [1.165, 1.54) is 29.4 Å². The first kappa shape index (κ1) is 26.5. The molecule has 1 aliphatic carbocycles. The fraction of sp³-hybridized carbons (Fsp3) is 0.440. The molecule has 1 saturated carbocycles. The highest BCUT2D eigenvalue weighted by atomic mass is 35.5. The van der Waals surface area contributed by atoms with Crippen molar-refractivity contribution < 1.29 is 22.4 Å². The minimum absolute atomic E-state index is 0.0562. The average molecular weight is 537 g/mol. The van der Waals surface area contributed by atoms with Crippen LogP contribution in [0.1, 0.15) is 50.6 Å². The van der Waals surface area contributed by atoms with Crippen molar-refractivity contribution in [3.63, 3.8) is 0 Å². The number of nitrogens with one attached hydrogen (secondary N) is 2. The lowest BCUT2D eigenvalue weighted by Crippen LogP contribution is -2.53. The van der Waals surface area contributed by atoms with E-state index in [1.54, 1.807) is 24.3 Å². The second kappa shape index (κ2) is 11.2. The van der Waals surface area contributed by atoms with Crippen molar-refractivity contribution >= 4 is 39.3 Å². The minimum atomic E-state index is -3.86. The molecule has 0 aromatic heterocycles. The maximum atomic E-state index is 14.3. The standard InChI is InChI=1S/C25H30ClFN4O4S/c1-17(29-36(34,35)30-14-15-30)25(33)31(20-11-7-8-18(27)16-20)23(21-12-5-6-13-22(21)26)24(32)28-19-9-3-2-4-10-19/h5-8,11-13,16-17,19,23,29H,2-4,9-10,14-15H2,1H3,(H,28,32)/t17?,23-/m1/s1. The molecule has 0 radical (unpaired) electrons. The van der Waals surface area contributed by atoms with Gasteiger partial charge in [0.05, 0.1) is 6.04 Å². The zero-order valence-electron chi connectivity index (χ0n) is 20.0. The summed E-state index contributed by atoms with van der Waals surface area (Å²) in [7, 11) is -3.86. The van der Waals surface area contributed by atoms with Gasteiger partial charge in [-0.25, -0.2) is 4.39 Å². The van der Waals surface area contributed by atoms with Crippen LogP contribution < -0.4 is 14.9 Å². The van der Waals surface area contributed by atoms with Crippen LogP contribution >= 0.6 is 11.6 Å². The lowest BCUT2D eigenvalue weighted by atomic mass is 9.94. The number of halogens is 2. The molecule has 36 heavy (non-hydrogen) atoms. The van der Waals surface area contributed by atoms with Gasteiger partial charge in [-0.05, 0) is 44.0 Å². The van der Waals surface area contributed by atoms with Gasteiger partial charge in [0.1, 0.15) is 11.9 Å². The summed E-state index contributed by atoms with van der Waals surface area (Å²) in [6.07, 6.45) is 4.72. The molecular weight excluding hydrogens is 507 g/mol. The first-order chi connectivity index (χ1) is 17.2. The van der Waals surface area contributed by atoms with E-state index in [-0.39, 0.29) is 16.8 Å². The molecule has 0 bridgehead atoms. The van der Waals surface area contributed by atoms with Gasteiger partial charge < -0.3 is 5.32 Å². The molecule has 4 rings (SSSR count). The third-order valence-corrected chi connectivity index (χ3v) is 8.46. The van der Waals surface area contributed by atoms with Crippen LogP contribution in [-0.2, 0) is 19.8 Å². The van der Waals surface area contributed by atoms with E-state index in [2.05, 4.69) is 10.0 Å². The van der Waals surface area contributed by atoms with Crippen molar-refractivity contribution in [3.8, 4) is 0 Å². The van der Waals surface area contributed by atoms with E-state index < -0.39 is 39.9 Å². The van der Waals surface area contributed by atoms with E-state index in [0.717, 1.165) is 43.1 Å². The summed E-state index contributed by atoms with van der Waals surface area (Å²) in [5.74, 6) is -1.78. The lowest BCUT2D eigenvalue weighted by Gasteiger charge is -2.35. The fourth-order valence-corrected chi connectivity index (χ4v) is 5.99. The Balaban J connectivity index is 1.75. The predicted octanol–water partition coefficient (Wildman–Crippen LogP) is 3.54. The lowest BCUT2D eigenvalue weighted by molar-refractivity contribution is -0.127. The second-order valence-corrected chi connectivity index (χ2v) is 11.3. The van der Waals surface area contributed by atoms with Crippen molar-refractivity contribution in [1.82, 2.24) is 14.3 Å². The van der Waals surface area contributed by atoms with Crippen molar-refractivity contribution in [1.29, 1.82) is 0 Å². The largest absolute Gasteiger partial charge is 0.351 e. The van der Waals surface area contributed by atoms with Crippen LogP contribution in [0.2, 0.25) is 5.02 Å². The van der Waals surface area contributed by atoms with E-state index in [4.69, 9.17) is 11.6 Å². The van der Waals surface area contributed by atoms with E-state index in [0.29, 0.717) is 18.7 Å². The highest BCUT2D eigenvalue weighted by molar-refractivity contribution is 7.87. The number of carbonyl (C=O) groups is 2. The van der Waals surface area contributed by atoms with Crippen LogP contribution in [0, 0.1) is 5.82 Å². The van der Waals surface area contributed by atoms with Crippen LogP contribution in [0.15, 0.2) is 48.5 Å². The molecule has 11 heteroatoms. The Morgan fingerprint density at radius 3 is 2.42 bits per heavy atom. The number of hydrogen-bond donors (Lipinski definition) is 2. The first-order valence-electron chi connectivity index (χ1n) is 12.1. The van der Waals surface area contributed by atoms with Gasteiger partial charge >= 0.3 is 0 Å². The number of hydrogen-bond acceptors (Lipinski definition) is 4. The second-order valence-electron chi connectivity index (χ2n) is 9.20. The zero-order chi connectivity index (χ0) is 25.9. The van der Waals surface area contributed by atoms with Crippen LogP contribution in [-0.4, -0.2) is 49.7 Å². The Morgan fingerprint density at radius 2 is 1.78 bits per heavy atom. The Labute approximate surface area is 216 Å². The van der Waals surface area contributed by atoms with Crippen molar-refractivity contribution in [3.05, 3.63) is 64.9 Å². The number of anilines is 1. The zero-order valence-corrected chi connectivity index (χ0v) is 21.6. The number of amides is 2. The molecule has 1 saturated heterocycles. The molecule has 8 nitrogen and oxygen atoms in total. The number of carbonyl (C=O) groups excluding carboxylic acids is 2. The van der Waals surface area contributed by atoms with Gasteiger partial charge in [0.2, 0.25) is 11.8 Å². The summed E-state index contributed by atoms with van der Waals surface area (Å²) in [5.41, 5.74) is 0.465. The summed E-state index contributed by atoms with van der Waals surface area (Å²) < 4.78 is 42.9. The highest BCUT2D eigenvalue weighted by Gasteiger charge is 2.40. The Bertz CT molecular complexity index is 1220. The van der Waals surface area contributed by atoms with E-state index in [9.17, 15) is 22.4 Å². The monoisotopic (exact) mass is 536 g/mol. The molecule has 2 amide bonds. The van der Waals surface area contributed by atoms with Crippen LogP contribution in [0.5, 0.6) is 0 Å². The Morgan fingerprint density at radius 1 is 1.08 bits per heavy atom. The summed E-state index contributed by atoms with van der Waals surface area (Å²) in [6.45, 7) is 2.14. The van der Waals surface area contributed by atoms with Gasteiger partial charge in [0.25, 0.3) is 10.2 Å². The van der Waals surface area contributed by atoms with Gasteiger partial charge in [-0.3, -0.25) is 14.5 Å². The molecule has 1 heterocycles. The summed E-state index contributed by atoms with van der Waals surface area (Å²) in [4.78, 5) is 28.8. The molecule has 2 atom stereocenters. The van der Waals surface area contributed by atoms with Crippen LogP contribution in [0.3, 0.4) is 0 Å². The number of rotatable bonds is 9.